The van der Waals surface area contributed by atoms with E-state index in [9.17, 15) is 0 Å². The molecule has 6 aromatic carbocycles. The maximum absolute atomic E-state index is 2.61. The Morgan fingerprint density at radius 1 is 0.260 bits per heavy atom. The smallest absolute Gasteiger partial charge is 0.0497 e. The molecule has 0 fully saturated rings. The molecule has 2 nitrogen and oxygen atoms in total. The van der Waals surface area contributed by atoms with Gasteiger partial charge in [-0.25, -0.2) is 0 Å². The number of fused-ring (bicyclic) bond motifs is 6. The van der Waals surface area contributed by atoms with Gasteiger partial charge >= 0.3 is 0 Å². The minimum absolute atomic E-state index is 1.08. The molecule has 0 aromatic heterocycles. The van der Waals surface area contributed by atoms with Crippen molar-refractivity contribution in [2.75, 3.05) is 9.80 Å². The number of anilines is 6. The highest BCUT2D eigenvalue weighted by Gasteiger charge is 2.30. The summed E-state index contributed by atoms with van der Waals surface area (Å²) in [6.07, 6.45) is 13.9. The minimum Gasteiger partial charge on any atom is -0.310 e. The van der Waals surface area contributed by atoms with E-state index in [0.29, 0.717) is 0 Å². The average molecular weight is 649 g/mol. The Morgan fingerprint density at radius 3 is 0.900 bits per heavy atom. The van der Waals surface area contributed by atoms with Crippen LogP contribution in [0, 0.1) is 0 Å². The predicted molar refractivity (Wildman–Crippen MR) is 209 cm³/mol. The van der Waals surface area contributed by atoms with Crippen molar-refractivity contribution in [2.45, 2.75) is 77.0 Å². The Morgan fingerprint density at radius 2 is 0.560 bits per heavy atom. The Hall–Kier alpha value is -5.08. The highest BCUT2D eigenvalue weighted by molar-refractivity contribution is 5.89. The summed E-state index contributed by atoms with van der Waals surface area (Å²) in [5, 5.41) is 0. The second kappa shape index (κ2) is 12.4. The van der Waals surface area contributed by atoms with Gasteiger partial charge in [0.2, 0.25) is 0 Å². The average Bonchev–Trinajstić information content (AvgIpc) is 3.45. The van der Waals surface area contributed by atoms with Gasteiger partial charge in [0, 0.05) is 34.1 Å². The normalized spacial score (nSPS) is 16.2. The molecule has 0 saturated heterocycles. The van der Waals surface area contributed by atoms with Crippen LogP contribution in [0.3, 0.4) is 0 Å². The number of nitrogens with zero attached hydrogens (tertiary/aromatic N) is 2. The number of hydrogen-bond acceptors (Lipinski definition) is 2. The predicted octanol–water partition coefficient (Wildman–Crippen LogP) is 12.2. The topological polar surface area (TPSA) is 6.48 Å². The summed E-state index contributed by atoms with van der Waals surface area (Å²) in [5.74, 6) is 0. The first-order valence-electron chi connectivity index (χ1n) is 19.1. The van der Waals surface area contributed by atoms with Crippen LogP contribution >= 0.6 is 0 Å². The Bertz CT molecular complexity index is 2000. The zero-order valence-electron chi connectivity index (χ0n) is 28.9. The molecule has 2 heteroatoms. The maximum Gasteiger partial charge on any atom is 0.0497 e. The lowest BCUT2D eigenvalue weighted by Gasteiger charge is -2.34. The number of benzene rings is 6. The Kier molecular flexibility index (Phi) is 7.36. The summed E-state index contributed by atoms with van der Waals surface area (Å²) >= 11 is 0. The molecule has 2 aliphatic carbocycles. The quantitative estimate of drug-likeness (QED) is 0.188. The molecule has 6 aromatic rings. The Labute approximate surface area is 297 Å². The van der Waals surface area contributed by atoms with Crippen LogP contribution in [0.25, 0.3) is 11.1 Å². The van der Waals surface area contributed by atoms with Crippen LogP contribution in [0.15, 0.2) is 121 Å². The van der Waals surface area contributed by atoms with E-state index < -0.39 is 0 Å². The van der Waals surface area contributed by atoms with Crippen molar-refractivity contribution in [3.63, 3.8) is 0 Å². The SMILES string of the molecule is c1ccc2c(c1)CCc1ccccc1N2c1ccc(-c2ccc(N3c4ccccc4CCc4ccccc43)c3c2CCCC3)c2c1CCCC2. The zero-order valence-corrected chi connectivity index (χ0v) is 28.9. The fourth-order valence-electron chi connectivity index (χ4n) is 9.70. The monoisotopic (exact) mass is 648 g/mol. The lowest BCUT2D eigenvalue weighted by atomic mass is 9.79. The van der Waals surface area contributed by atoms with Crippen molar-refractivity contribution < 1.29 is 0 Å². The highest BCUT2D eigenvalue weighted by Crippen LogP contribution is 2.50. The third-order valence-corrected chi connectivity index (χ3v) is 12.0. The van der Waals surface area contributed by atoms with Gasteiger partial charge in [-0.3, -0.25) is 0 Å². The molecule has 2 heterocycles. The van der Waals surface area contributed by atoms with Gasteiger partial charge in [-0.05, 0) is 169 Å². The molecule has 0 atom stereocenters. The van der Waals surface area contributed by atoms with Gasteiger partial charge in [0.05, 0.1) is 0 Å². The van der Waals surface area contributed by atoms with Crippen molar-refractivity contribution in [2.24, 2.45) is 0 Å². The van der Waals surface area contributed by atoms with E-state index in [1.807, 2.05) is 0 Å². The van der Waals surface area contributed by atoms with Crippen molar-refractivity contribution >= 4 is 34.1 Å². The number of rotatable bonds is 3. The van der Waals surface area contributed by atoms with Gasteiger partial charge in [-0.15, -0.1) is 0 Å². The summed E-state index contributed by atoms with van der Waals surface area (Å²) < 4.78 is 0. The lowest BCUT2D eigenvalue weighted by Crippen LogP contribution is -2.18. The van der Waals surface area contributed by atoms with Gasteiger partial charge < -0.3 is 9.80 Å². The first-order valence-corrected chi connectivity index (χ1v) is 19.1. The lowest BCUT2D eigenvalue weighted by molar-refractivity contribution is 0.681. The zero-order chi connectivity index (χ0) is 33.0. The number of aryl methyl sites for hydroxylation is 4. The molecule has 10 rings (SSSR count). The molecule has 246 valence electrons. The summed E-state index contributed by atoms with van der Waals surface area (Å²) in [5.41, 5.74) is 23.1. The van der Waals surface area contributed by atoms with Gasteiger partial charge in [0.15, 0.2) is 0 Å². The molecule has 0 unspecified atom stereocenters. The summed E-state index contributed by atoms with van der Waals surface area (Å²) in [6.45, 7) is 0. The summed E-state index contributed by atoms with van der Waals surface area (Å²) in [7, 11) is 0. The van der Waals surface area contributed by atoms with E-state index in [-0.39, 0.29) is 0 Å². The van der Waals surface area contributed by atoms with Crippen molar-refractivity contribution in [3.05, 3.63) is 166 Å². The number of para-hydroxylation sites is 4. The van der Waals surface area contributed by atoms with E-state index in [0.717, 1.165) is 51.4 Å². The molecule has 4 aliphatic rings. The molecule has 50 heavy (non-hydrogen) atoms. The van der Waals surface area contributed by atoms with Gasteiger partial charge in [0.25, 0.3) is 0 Å². The summed E-state index contributed by atoms with van der Waals surface area (Å²) in [4.78, 5) is 5.22. The molecule has 0 amide bonds. The van der Waals surface area contributed by atoms with Gasteiger partial charge in [-0.1, -0.05) is 84.9 Å². The van der Waals surface area contributed by atoms with E-state index in [4.69, 9.17) is 0 Å². The molecule has 0 saturated carbocycles. The summed E-state index contributed by atoms with van der Waals surface area (Å²) in [6, 6.07) is 46.4. The standard InChI is InChI=1S/C48H44N2/c1-9-21-43-33(13-1)25-26-34-14-2-10-22-44(34)49(43)47-31-29-39(37-17-5-7-19-41(37)47)40-30-32-48(42-20-8-6-18-38(40)42)50-45-23-11-3-15-35(45)27-28-36-16-4-12-24-46(36)50/h1-4,9-16,21-24,29-32H,5-8,17-20,25-28H2. The minimum atomic E-state index is 1.08. The molecule has 0 radical (unpaired) electrons. The molecular weight excluding hydrogens is 605 g/mol. The molecule has 0 spiro atoms. The van der Waals surface area contributed by atoms with Gasteiger partial charge in [0.1, 0.15) is 0 Å². The first kappa shape index (κ1) is 29.8. The van der Waals surface area contributed by atoms with Crippen LogP contribution in [0.5, 0.6) is 0 Å². The third-order valence-electron chi connectivity index (χ3n) is 12.0. The molecule has 2 aliphatic heterocycles. The fourth-order valence-corrected chi connectivity index (χ4v) is 9.70. The van der Waals surface area contributed by atoms with Crippen molar-refractivity contribution in [1.82, 2.24) is 0 Å². The molecular formula is C48H44N2. The largest absolute Gasteiger partial charge is 0.310 e. The van der Waals surface area contributed by atoms with Crippen molar-refractivity contribution in [3.8, 4) is 11.1 Å². The van der Waals surface area contributed by atoms with Crippen molar-refractivity contribution in [1.29, 1.82) is 0 Å². The van der Waals surface area contributed by atoms with Crippen LogP contribution in [0.4, 0.5) is 34.1 Å². The van der Waals surface area contributed by atoms with E-state index in [1.165, 1.54) is 93.2 Å². The Balaban J connectivity index is 1.15. The second-order valence-electron chi connectivity index (χ2n) is 14.8. The highest BCUT2D eigenvalue weighted by atomic mass is 15.2. The van der Waals surface area contributed by atoms with E-state index in [2.05, 4.69) is 131 Å². The number of hydrogen-bond donors (Lipinski definition) is 0. The second-order valence-corrected chi connectivity index (χ2v) is 14.8. The van der Waals surface area contributed by atoms with E-state index in [1.54, 1.807) is 22.3 Å². The van der Waals surface area contributed by atoms with Gasteiger partial charge in [-0.2, -0.15) is 0 Å². The first-order chi connectivity index (χ1) is 24.8. The van der Waals surface area contributed by atoms with E-state index >= 15 is 0 Å². The van der Waals surface area contributed by atoms with Crippen LogP contribution in [0.2, 0.25) is 0 Å². The van der Waals surface area contributed by atoms with Crippen LogP contribution in [0.1, 0.15) is 70.2 Å². The van der Waals surface area contributed by atoms with Crippen LogP contribution in [-0.4, -0.2) is 0 Å². The molecule has 0 N–H and O–H groups in total. The third kappa shape index (κ3) is 4.83. The van der Waals surface area contributed by atoms with Crippen LogP contribution < -0.4 is 9.80 Å². The fraction of sp³-hybridized carbons (Fsp3) is 0.250. The maximum atomic E-state index is 2.61. The molecule has 0 bridgehead atoms. The van der Waals surface area contributed by atoms with Crippen LogP contribution in [-0.2, 0) is 51.4 Å².